The molecule has 0 atom stereocenters. The van der Waals surface area contributed by atoms with Gasteiger partial charge in [0.2, 0.25) is 11.8 Å². The average Bonchev–Trinajstić information content (AvgIpc) is 2.21. The highest BCUT2D eigenvalue weighted by Gasteiger charge is 2.49. The average molecular weight is 242 g/mol. The molecular weight excluding hydrogens is 220 g/mol. The molecular formula is C12H22N2O3. The molecule has 0 unspecified atom stereocenters. The molecule has 1 N–H and O–H groups in total. The number of carbonyl (C=O) groups is 2. The standard InChI is InChI=1S/C12H22N2O3/c1-11(2)10(16)14(7-6-8-17-5)12(3,4)9(15)13-11/h6-8H2,1-5H3,(H,13,15). The molecule has 0 aromatic carbocycles. The van der Waals surface area contributed by atoms with Crippen LogP contribution < -0.4 is 5.32 Å². The van der Waals surface area contributed by atoms with Crippen LogP contribution in [0.1, 0.15) is 34.1 Å². The van der Waals surface area contributed by atoms with E-state index in [4.69, 9.17) is 4.74 Å². The van der Waals surface area contributed by atoms with Crippen molar-refractivity contribution in [3.63, 3.8) is 0 Å². The van der Waals surface area contributed by atoms with Crippen LogP contribution in [-0.2, 0) is 14.3 Å². The fourth-order valence-corrected chi connectivity index (χ4v) is 1.95. The van der Waals surface area contributed by atoms with Crippen molar-refractivity contribution in [2.75, 3.05) is 20.3 Å². The van der Waals surface area contributed by atoms with Crippen LogP contribution in [0, 0.1) is 0 Å². The number of methoxy groups -OCH3 is 1. The van der Waals surface area contributed by atoms with Crippen molar-refractivity contribution in [2.24, 2.45) is 0 Å². The normalized spacial score (nSPS) is 22.5. The van der Waals surface area contributed by atoms with E-state index in [0.29, 0.717) is 13.2 Å². The van der Waals surface area contributed by atoms with E-state index in [-0.39, 0.29) is 11.8 Å². The molecule has 0 aromatic heterocycles. The summed E-state index contributed by atoms with van der Waals surface area (Å²) >= 11 is 0. The summed E-state index contributed by atoms with van der Waals surface area (Å²) in [6.07, 6.45) is 0.731. The molecule has 1 heterocycles. The first-order chi connectivity index (χ1) is 7.73. The third kappa shape index (κ3) is 2.60. The molecule has 98 valence electrons. The Morgan fingerprint density at radius 1 is 1.24 bits per heavy atom. The third-order valence-corrected chi connectivity index (χ3v) is 3.17. The fraction of sp³-hybridized carbons (Fsp3) is 0.833. The predicted octanol–water partition coefficient (Wildman–Crippen LogP) is 0.538. The number of piperazine rings is 1. The van der Waals surface area contributed by atoms with Gasteiger partial charge in [-0.1, -0.05) is 0 Å². The Kier molecular flexibility index (Phi) is 3.81. The van der Waals surface area contributed by atoms with Gasteiger partial charge in [0.1, 0.15) is 11.1 Å². The zero-order valence-corrected chi connectivity index (χ0v) is 11.3. The lowest BCUT2D eigenvalue weighted by atomic mass is 9.89. The molecule has 1 saturated heterocycles. The van der Waals surface area contributed by atoms with Crippen LogP contribution in [-0.4, -0.2) is 48.1 Å². The maximum Gasteiger partial charge on any atom is 0.248 e. The summed E-state index contributed by atoms with van der Waals surface area (Å²) in [4.78, 5) is 25.9. The topological polar surface area (TPSA) is 58.6 Å². The Morgan fingerprint density at radius 3 is 2.35 bits per heavy atom. The summed E-state index contributed by atoms with van der Waals surface area (Å²) in [5.41, 5.74) is -1.61. The van der Waals surface area contributed by atoms with Gasteiger partial charge in [0, 0.05) is 20.3 Å². The number of amides is 2. The first kappa shape index (κ1) is 14.0. The van der Waals surface area contributed by atoms with Crippen LogP contribution >= 0.6 is 0 Å². The molecule has 1 fully saturated rings. The van der Waals surface area contributed by atoms with Gasteiger partial charge < -0.3 is 15.0 Å². The molecule has 5 heteroatoms. The lowest BCUT2D eigenvalue weighted by molar-refractivity contribution is -0.159. The van der Waals surface area contributed by atoms with Gasteiger partial charge in [-0.05, 0) is 34.1 Å². The summed E-state index contributed by atoms with van der Waals surface area (Å²) < 4.78 is 4.98. The number of nitrogens with one attached hydrogen (secondary N) is 1. The molecule has 5 nitrogen and oxygen atoms in total. The summed E-state index contributed by atoms with van der Waals surface area (Å²) in [7, 11) is 1.62. The molecule has 1 rings (SSSR count). The lowest BCUT2D eigenvalue weighted by Gasteiger charge is -2.47. The molecule has 1 aliphatic rings. The van der Waals surface area contributed by atoms with Gasteiger partial charge in [-0.15, -0.1) is 0 Å². The molecule has 2 amide bonds. The Bertz CT molecular complexity index is 324. The van der Waals surface area contributed by atoms with Crippen molar-refractivity contribution in [2.45, 2.75) is 45.2 Å². The number of hydrogen-bond donors (Lipinski definition) is 1. The van der Waals surface area contributed by atoms with Crippen LogP contribution in [0.2, 0.25) is 0 Å². The lowest BCUT2D eigenvalue weighted by Crippen LogP contribution is -2.72. The zero-order chi connectivity index (χ0) is 13.3. The van der Waals surface area contributed by atoms with Crippen molar-refractivity contribution in [1.82, 2.24) is 10.2 Å². The summed E-state index contributed by atoms with van der Waals surface area (Å²) in [6, 6.07) is 0. The first-order valence-corrected chi connectivity index (χ1v) is 5.87. The van der Waals surface area contributed by atoms with Crippen molar-refractivity contribution in [3.8, 4) is 0 Å². The van der Waals surface area contributed by atoms with E-state index >= 15 is 0 Å². The van der Waals surface area contributed by atoms with Crippen molar-refractivity contribution in [1.29, 1.82) is 0 Å². The van der Waals surface area contributed by atoms with Crippen molar-refractivity contribution >= 4 is 11.8 Å². The van der Waals surface area contributed by atoms with E-state index in [2.05, 4.69) is 5.32 Å². The van der Waals surface area contributed by atoms with Crippen LogP contribution in [0.5, 0.6) is 0 Å². The monoisotopic (exact) mass is 242 g/mol. The number of nitrogens with zero attached hydrogens (tertiary/aromatic N) is 1. The molecule has 0 aromatic rings. The first-order valence-electron chi connectivity index (χ1n) is 5.87. The van der Waals surface area contributed by atoms with Gasteiger partial charge in [-0.2, -0.15) is 0 Å². The maximum absolute atomic E-state index is 12.3. The van der Waals surface area contributed by atoms with Crippen molar-refractivity contribution < 1.29 is 14.3 Å². The van der Waals surface area contributed by atoms with Crippen LogP contribution in [0.15, 0.2) is 0 Å². The number of ether oxygens (including phenoxy) is 1. The van der Waals surface area contributed by atoms with E-state index < -0.39 is 11.1 Å². The second-order valence-corrected chi connectivity index (χ2v) is 5.44. The smallest absolute Gasteiger partial charge is 0.248 e. The van der Waals surface area contributed by atoms with Gasteiger partial charge in [-0.3, -0.25) is 9.59 Å². The SMILES string of the molecule is COCCCN1C(=O)C(C)(C)NC(=O)C1(C)C. The molecule has 17 heavy (non-hydrogen) atoms. The number of carbonyl (C=O) groups excluding carboxylic acids is 2. The minimum atomic E-state index is -0.820. The van der Waals surface area contributed by atoms with E-state index in [0.717, 1.165) is 6.42 Å². The van der Waals surface area contributed by atoms with Gasteiger partial charge in [0.15, 0.2) is 0 Å². The van der Waals surface area contributed by atoms with Gasteiger partial charge in [-0.25, -0.2) is 0 Å². The Hall–Kier alpha value is -1.10. The van der Waals surface area contributed by atoms with Crippen molar-refractivity contribution in [3.05, 3.63) is 0 Å². The Morgan fingerprint density at radius 2 is 1.82 bits per heavy atom. The Labute approximate surface area is 102 Å². The fourth-order valence-electron chi connectivity index (χ4n) is 1.95. The minimum Gasteiger partial charge on any atom is -0.385 e. The van der Waals surface area contributed by atoms with Gasteiger partial charge in [0.05, 0.1) is 0 Å². The zero-order valence-electron chi connectivity index (χ0n) is 11.3. The molecule has 1 aliphatic heterocycles. The summed E-state index contributed by atoms with van der Waals surface area (Å²) in [5.74, 6) is -0.155. The molecule has 0 radical (unpaired) electrons. The van der Waals surface area contributed by atoms with Crippen LogP contribution in [0.25, 0.3) is 0 Å². The van der Waals surface area contributed by atoms with Crippen LogP contribution in [0.4, 0.5) is 0 Å². The van der Waals surface area contributed by atoms with Gasteiger partial charge in [0.25, 0.3) is 0 Å². The van der Waals surface area contributed by atoms with E-state index in [1.165, 1.54) is 0 Å². The number of hydrogen-bond acceptors (Lipinski definition) is 3. The third-order valence-electron chi connectivity index (χ3n) is 3.17. The van der Waals surface area contributed by atoms with E-state index in [1.807, 2.05) is 0 Å². The maximum atomic E-state index is 12.3. The second-order valence-electron chi connectivity index (χ2n) is 5.44. The highest BCUT2D eigenvalue weighted by Crippen LogP contribution is 2.25. The predicted molar refractivity (Wildman–Crippen MR) is 64.5 cm³/mol. The van der Waals surface area contributed by atoms with E-state index in [9.17, 15) is 9.59 Å². The molecule has 0 aliphatic carbocycles. The molecule has 0 saturated carbocycles. The number of rotatable bonds is 4. The largest absolute Gasteiger partial charge is 0.385 e. The quantitative estimate of drug-likeness (QED) is 0.732. The second kappa shape index (κ2) is 4.64. The summed E-state index contributed by atoms with van der Waals surface area (Å²) in [6.45, 7) is 8.11. The minimum absolute atomic E-state index is 0.0433. The Balaban J connectivity index is 2.87. The van der Waals surface area contributed by atoms with Gasteiger partial charge >= 0.3 is 0 Å². The summed E-state index contributed by atoms with van der Waals surface area (Å²) in [5, 5.41) is 2.75. The highest BCUT2D eigenvalue weighted by atomic mass is 16.5. The molecule has 0 bridgehead atoms. The highest BCUT2D eigenvalue weighted by molar-refractivity contribution is 6.01. The molecule has 0 spiro atoms. The van der Waals surface area contributed by atoms with E-state index in [1.54, 1.807) is 39.7 Å². The van der Waals surface area contributed by atoms with Crippen LogP contribution in [0.3, 0.4) is 0 Å².